The lowest BCUT2D eigenvalue weighted by Gasteiger charge is -2.15. The standard InChI is InChI=1S/C11H18N4/c1-4-8(2)5-10(15-12)11-7-13-9(3)6-14-11/h6-7,10,15H,2,4-5,12H2,1,3H3. The Labute approximate surface area is 90.6 Å². The third-order valence-corrected chi connectivity index (χ3v) is 2.35. The molecular formula is C11H18N4. The van der Waals surface area contributed by atoms with Crippen molar-refractivity contribution in [3.05, 3.63) is 35.9 Å². The van der Waals surface area contributed by atoms with Gasteiger partial charge in [-0.1, -0.05) is 19.1 Å². The molecule has 1 heterocycles. The maximum Gasteiger partial charge on any atom is 0.0773 e. The first kappa shape index (κ1) is 11.8. The summed E-state index contributed by atoms with van der Waals surface area (Å²) in [5.74, 6) is 5.49. The predicted octanol–water partition coefficient (Wildman–Crippen LogP) is 1.65. The molecule has 4 heteroatoms. The minimum absolute atomic E-state index is 0.00514. The fraction of sp³-hybridized carbons (Fsp3) is 0.455. The average Bonchev–Trinajstić information content (AvgIpc) is 2.27. The van der Waals surface area contributed by atoms with E-state index in [0.717, 1.165) is 29.8 Å². The van der Waals surface area contributed by atoms with Gasteiger partial charge in [-0.3, -0.25) is 21.2 Å². The van der Waals surface area contributed by atoms with Gasteiger partial charge in [0, 0.05) is 6.20 Å². The Morgan fingerprint density at radius 1 is 1.53 bits per heavy atom. The molecule has 0 radical (unpaired) electrons. The summed E-state index contributed by atoms with van der Waals surface area (Å²) >= 11 is 0. The molecule has 0 aliphatic carbocycles. The molecule has 1 aromatic rings. The van der Waals surface area contributed by atoms with Crippen molar-refractivity contribution in [1.82, 2.24) is 15.4 Å². The molecule has 82 valence electrons. The fourth-order valence-electron chi connectivity index (χ4n) is 1.26. The zero-order chi connectivity index (χ0) is 11.3. The van der Waals surface area contributed by atoms with Gasteiger partial charge in [-0.15, -0.1) is 0 Å². The van der Waals surface area contributed by atoms with Gasteiger partial charge in [0.05, 0.1) is 23.6 Å². The molecule has 0 amide bonds. The van der Waals surface area contributed by atoms with Crippen molar-refractivity contribution in [3.63, 3.8) is 0 Å². The average molecular weight is 206 g/mol. The van der Waals surface area contributed by atoms with Crippen molar-refractivity contribution in [2.75, 3.05) is 0 Å². The van der Waals surface area contributed by atoms with E-state index in [-0.39, 0.29) is 6.04 Å². The van der Waals surface area contributed by atoms with Crippen molar-refractivity contribution >= 4 is 0 Å². The molecule has 1 rings (SSSR count). The van der Waals surface area contributed by atoms with Crippen LogP contribution in [0.4, 0.5) is 0 Å². The van der Waals surface area contributed by atoms with Gasteiger partial charge in [0.15, 0.2) is 0 Å². The monoisotopic (exact) mass is 206 g/mol. The van der Waals surface area contributed by atoms with Crippen LogP contribution in [0, 0.1) is 6.92 Å². The van der Waals surface area contributed by atoms with Gasteiger partial charge in [-0.25, -0.2) is 0 Å². The molecule has 0 fully saturated rings. The smallest absolute Gasteiger partial charge is 0.0773 e. The van der Waals surface area contributed by atoms with Crippen LogP contribution < -0.4 is 11.3 Å². The number of hydrogen-bond donors (Lipinski definition) is 2. The molecule has 0 aliphatic rings. The SMILES string of the molecule is C=C(CC)CC(NN)c1cnc(C)cn1. The summed E-state index contributed by atoms with van der Waals surface area (Å²) in [4.78, 5) is 8.48. The Hall–Kier alpha value is -1.26. The number of nitrogens with two attached hydrogens (primary N) is 1. The van der Waals surface area contributed by atoms with E-state index in [1.54, 1.807) is 12.4 Å². The fourth-order valence-corrected chi connectivity index (χ4v) is 1.26. The van der Waals surface area contributed by atoms with Crippen LogP contribution in [0.1, 0.15) is 37.2 Å². The number of aromatic nitrogens is 2. The van der Waals surface area contributed by atoms with E-state index in [9.17, 15) is 0 Å². The highest BCUT2D eigenvalue weighted by atomic mass is 15.2. The summed E-state index contributed by atoms with van der Waals surface area (Å²) in [7, 11) is 0. The number of hydrazine groups is 1. The number of aryl methyl sites for hydroxylation is 1. The molecule has 0 saturated heterocycles. The van der Waals surface area contributed by atoms with Crippen LogP contribution in [-0.2, 0) is 0 Å². The molecule has 4 nitrogen and oxygen atoms in total. The van der Waals surface area contributed by atoms with Gasteiger partial charge < -0.3 is 0 Å². The minimum atomic E-state index is 0.00514. The van der Waals surface area contributed by atoms with Gasteiger partial charge in [0.1, 0.15) is 0 Å². The number of nitrogens with zero attached hydrogens (tertiary/aromatic N) is 2. The second kappa shape index (κ2) is 5.58. The Balaban J connectivity index is 2.74. The van der Waals surface area contributed by atoms with Crippen LogP contribution in [0.25, 0.3) is 0 Å². The van der Waals surface area contributed by atoms with E-state index < -0.39 is 0 Å². The molecule has 0 aromatic carbocycles. The number of nitrogens with one attached hydrogen (secondary N) is 1. The van der Waals surface area contributed by atoms with Crippen molar-refractivity contribution in [2.24, 2.45) is 5.84 Å². The van der Waals surface area contributed by atoms with E-state index in [1.807, 2.05) is 6.92 Å². The van der Waals surface area contributed by atoms with Crippen LogP contribution in [-0.4, -0.2) is 9.97 Å². The molecule has 3 N–H and O–H groups in total. The molecular weight excluding hydrogens is 188 g/mol. The first-order valence-electron chi connectivity index (χ1n) is 5.08. The highest BCUT2D eigenvalue weighted by Crippen LogP contribution is 2.18. The van der Waals surface area contributed by atoms with E-state index >= 15 is 0 Å². The number of rotatable bonds is 5. The molecule has 1 atom stereocenters. The van der Waals surface area contributed by atoms with E-state index in [2.05, 4.69) is 28.9 Å². The summed E-state index contributed by atoms with van der Waals surface area (Å²) in [6.45, 7) is 7.95. The maximum atomic E-state index is 5.49. The highest BCUT2D eigenvalue weighted by Gasteiger charge is 2.11. The van der Waals surface area contributed by atoms with E-state index in [0.29, 0.717) is 0 Å². The summed E-state index contributed by atoms with van der Waals surface area (Å²) in [6, 6.07) is 0.00514. The van der Waals surface area contributed by atoms with Crippen molar-refractivity contribution < 1.29 is 0 Å². The molecule has 0 spiro atoms. The summed E-state index contributed by atoms with van der Waals surface area (Å²) < 4.78 is 0. The largest absolute Gasteiger partial charge is 0.271 e. The molecule has 15 heavy (non-hydrogen) atoms. The maximum absolute atomic E-state index is 5.49. The van der Waals surface area contributed by atoms with Gasteiger partial charge in [-0.05, 0) is 19.8 Å². The van der Waals surface area contributed by atoms with Crippen molar-refractivity contribution in [3.8, 4) is 0 Å². The zero-order valence-electron chi connectivity index (χ0n) is 9.33. The van der Waals surface area contributed by atoms with Crippen molar-refractivity contribution in [2.45, 2.75) is 32.7 Å². The number of hydrogen-bond acceptors (Lipinski definition) is 4. The van der Waals surface area contributed by atoms with Crippen LogP contribution in [0.5, 0.6) is 0 Å². The van der Waals surface area contributed by atoms with Gasteiger partial charge in [0.25, 0.3) is 0 Å². The molecule has 1 aromatic heterocycles. The minimum Gasteiger partial charge on any atom is -0.271 e. The first-order chi connectivity index (χ1) is 7.17. The van der Waals surface area contributed by atoms with Gasteiger partial charge in [-0.2, -0.15) is 0 Å². The second-order valence-electron chi connectivity index (χ2n) is 3.61. The predicted molar refractivity (Wildman–Crippen MR) is 60.9 cm³/mol. The molecule has 0 bridgehead atoms. The Kier molecular flexibility index (Phi) is 4.39. The topological polar surface area (TPSA) is 63.8 Å². The van der Waals surface area contributed by atoms with Crippen LogP contribution in [0.15, 0.2) is 24.5 Å². The van der Waals surface area contributed by atoms with Gasteiger partial charge >= 0.3 is 0 Å². The third-order valence-electron chi connectivity index (χ3n) is 2.35. The normalized spacial score (nSPS) is 12.5. The second-order valence-corrected chi connectivity index (χ2v) is 3.61. The molecule has 0 saturated carbocycles. The lowest BCUT2D eigenvalue weighted by molar-refractivity contribution is 0.529. The van der Waals surface area contributed by atoms with Crippen LogP contribution >= 0.6 is 0 Å². The first-order valence-corrected chi connectivity index (χ1v) is 5.08. The van der Waals surface area contributed by atoms with Crippen LogP contribution in [0.3, 0.4) is 0 Å². The molecule has 0 aliphatic heterocycles. The zero-order valence-corrected chi connectivity index (χ0v) is 9.33. The van der Waals surface area contributed by atoms with Crippen LogP contribution in [0.2, 0.25) is 0 Å². The molecule has 1 unspecified atom stereocenters. The Morgan fingerprint density at radius 2 is 2.27 bits per heavy atom. The van der Waals surface area contributed by atoms with E-state index in [4.69, 9.17) is 5.84 Å². The lowest BCUT2D eigenvalue weighted by atomic mass is 10.0. The summed E-state index contributed by atoms with van der Waals surface area (Å²) in [6.07, 6.45) is 5.25. The van der Waals surface area contributed by atoms with E-state index in [1.165, 1.54) is 0 Å². The van der Waals surface area contributed by atoms with Gasteiger partial charge in [0.2, 0.25) is 0 Å². The summed E-state index contributed by atoms with van der Waals surface area (Å²) in [5.41, 5.74) is 5.66. The Morgan fingerprint density at radius 3 is 2.73 bits per heavy atom. The third kappa shape index (κ3) is 3.42. The lowest BCUT2D eigenvalue weighted by Crippen LogP contribution is -2.29. The Bertz CT molecular complexity index is 318. The quantitative estimate of drug-likeness (QED) is 0.437. The summed E-state index contributed by atoms with van der Waals surface area (Å²) in [5, 5.41) is 0. The highest BCUT2D eigenvalue weighted by molar-refractivity contribution is 5.09. The van der Waals surface area contributed by atoms with Crippen molar-refractivity contribution in [1.29, 1.82) is 0 Å².